The molecule has 0 saturated carbocycles. The third-order valence-corrected chi connectivity index (χ3v) is 4.39. The predicted molar refractivity (Wildman–Crippen MR) is 93.5 cm³/mol. The van der Waals surface area contributed by atoms with Crippen molar-refractivity contribution in [1.82, 2.24) is 9.97 Å². The van der Waals surface area contributed by atoms with Gasteiger partial charge in [0.25, 0.3) is 0 Å². The number of thiazole rings is 1. The highest BCUT2D eigenvalue weighted by molar-refractivity contribution is 7.13. The molecule has 1 amide bonds. The summed E-state index contributed by atoms with van der Waals surface area (Å²) in [6, 6.07) is 11.8. The molecule has 0 radical (unpaired) electrons. The number of carbonyl (C=O) groups is 1. The van der Waals surface area contributed by atoms with E-state index in [0.29, 0.717) is 0 Å². The van der Waals surface area contributed by atoms with Crippen molar-refractivity contribution in [3.05, 3.63) is 65.4 Å². The number of carbonyl (C=O) groups excluding carboxylic acids is 1. The largest absolute Gasteiger partial charge is 0.326 e. The Kier molecular flexibility index (Phi) is 4.78. The summed E-state index contributed by atoms with van der Waals surface area (Å²) in [5.74, 6) is -0.0581. The molecule has 0 spiro atoms. The van der Waals surface area contributed by atoms with Gasteiger partial charge in [-0.05, 0) is 36.2 Å². The van der Waals surface area contributed by atoms with E-state index in [-0.39, 0.29) is 12.3 Å². The number of benzene rings is 1. The van der Waals surface area contributed by atoms with Crippen LogP contribution in [0.2, 0.25) is 0 Å². The number of rotatable bonds is 5. The van der Waals surface area contributed by atoms with Crippen LogP contribution in [0.1, 0.15) is 18.2 Å². The second-order valence-corrected chi connectivity index (χ2v) is 6.02. The third-order valence-electron chi connectivity index (χ3n) is 3.45. The molecule has 0 aliphatic carbocycles. The maximum atomic E-state index is 12.1. The van der Waals surface area contributed by atoms with Gasteiger partial charge < -0.3 is 5.32 Å². The maximum Gasteiger partial charge on any atom is 0.230 e. The molecule has 116 valence electrons. The van der Waals surface area contributed by atoms with E-state index in [1.165, 1.54) is 16.9 Å². The molecule has 4 nitrogen and oxygen atoms in total. The molecule has 2 aromatic heterocycles. The first-order valence-electron chi connectivity index (χ1n) is 7.48. The Hall–Kier alpha value is -2.53. The van der Waals surface area contributed by atoms with Crippen LogP contribution < -0.4 is 5.32 Å². The summed E-state index contributed by atoms with van der Waals surface area (Å²) >= 11 is 1.52. The van der Waals surface area contributed by atoms with Crippen LogP contribution >= 0.6 is 11.3 Å². The van der Waals surface area contributed by atoms with Gasteiger partial charge in [-0.3, -0.25) is 9.78 Å². The molecule has 0 aliphatic rings. The number of aromatic nitrogens is 2. The molecule has 1 N–H and O–H groups in total. The molecular weight excluding hydrogens is 306 g/mol. The lowest BCUT2D eigenvalue weighted by atomic mass is 10.1. The molecule has 0 saturated heterocycles. The number of aryl methyl sites for hydroxylation is 1. The van der Waals surface area contributed by atoms with Crippen molar-refractivity contribution in [2.45, 2.75) is 19.8 Å². The average molecular weight is 323 g/mol. The van der Waals surface area contributed by atoms with E-state index in [1.807, 2.05) is 41.8 Å². The molecule has 3 rings (SSSR count). The fourth-order valence-corrected chi connectivity index (χ4v) is 3.01. The normalized spacial score (nSPS) is 10.5. The minimum atomic E-state index is -0.0581. The zero-order valence-corrected chi connectivity index (χ0v) is 13.6. The monoisotopic (exact) mass is 323 g/mol. The topological polar surface area (TPSA) is 54.9 Å². The van der Waals surface area contributed by atoms with Gasteiger partial charge in [0.2, 0.25) is 5.91 Å². The molecule has 0 bridgehead atoms. The average Bonchev–Trinajstić information content (AvgIpc) is 3.04. The summed E-state index contributed by atoms with van der Waals surface area (Å²) in [4.78, 5) is 20.7. The molecule has 1 aromatic carbocycles. The van der Waals surface area contributed by atoms with Gasteiger partial charge >= 0.3 is 0 Å². The van der Waals surface area contributed by atoms with Crippen molar-refractivity contribution < 1.29 is 4.79 Å². The van der Waals surface area contributed by atoms with Gasteiger partial charge in [0.15, 0.2) is 0 Å². The lowest BCUT2D eigenvalue weighted by Gasteiger charge is -2.05. The minimum Gasteiger partial charge on any atom is -0.326 e. The number of nitrogens with zero attached hydrogens (tertiary/aromatic N) is 2. The van der Waals surface area contributed by atoms with E-state index in [1.54, 1.807) is 12.4 Å². The molecule has 0 aliphatic heterocycles. The lowest BCUT2D eigenvalue weighted by Crippen LogP contribution is -2.14. The predicted octanol–water partition coefficient (Wildman–Crippen LogP) is 3.95. The fraction of sp³-hybridized carbons (Fsp3) is 0.167. The van der Waals surface area contributed by atoms with Crippen LogP contribution in [0, 0.1) is 0 Å². The highest BCUT2D eigenvalue weighted by Crippen LogP contribution is 2.23. The van der Waals surface area contributed by atoms with Crippen molar-refractivity contribution in [1.29, 1.82) is 0 Å². The zero-order chi connectivity index (χ0) is 16.1. The quantitative estimate of drug-likeness (QED) is 0.773. The maximum absolute atomic E-state index is 12.1. The van der Waals surface area contributed by atoms with Crippen LogP contribution in [0.5, 0.6) is 0 Å². The summed E-state index contributed by atoms with van der Waals surface area (Å²) < 4.78 is 0. The van der Waals surface area contributed by atoms with Gasteiger partial charge in [0, 0.05) is 29.0 Å². The molecule has 5 heteroatoms. The second kappa shape index (κ2) is 7.15. The summed E-state index contributed by atoms with van der Waals surface area (Å²) in [5.41, 5.74) is 3.81. The Bertz CT molecular complexity index is 782. The Morgan fingerprint density at radius 3 is 2.74 bits per heavy atom. The smallest absolute Gasteiger partial charge is 0.230 e. The Balaban J connectivity index is 1.63. The first-order valence-corrected chi connectivity index (χ1v) is 8.36. The molecule has 0 fully saturated rings. The summed E-state index contributed by atoms with van der Waals surface area (Å²) in [6.45, 7) is 2.11. The van der Waals surface area contributed by atoms with E-state index in [4.69, 9.17) is 0 Å². The minimum absolute atomic E-state index is 0.0581. The third kappa shape index (κ3) is 4.02. The van der Waals surface area contributed by atoms with Crippen molar-refractivity contribution >= 4 is 22.9 Å². The number of amides is 1. The zero-order valence-electron chi connectivity index (χ0n) is 12.8. The van der Waals surface area contributed by atoms with Crippen molar-refractivity contribution in [2.24, 2.45) is 0 Å². The standard InChI is InChI=1S/C18H17N3OS/c1-2-13-5-7-15(8-6-13)20-17(22)10-16-12-23-18(21-16)14-4-3-9-19-11-14/h3-9,11-12H,2,10H2,1H3,(H,20,22). The number of hydrogen-bond acceptors (Lipinski definition) is 4. The first-order chi connectivity index (χ1) is 11.2. The SMILES string of the molecule is CCc1ccc(NC(=O)Cc2csc(-c3cccnc3)n2)cc1. The lowest BCUT2D eigenvalue weighted by molar-refractivity contribution is -0.115. The van der Waals surface area contributed by atoms with E-state index in [0.717, 1.165) is 28.4 Å². The number of hydrogen-bond donors (Lipinski definition) is 1. The van der Waals surface area contributed by atoms with Gasteiger partial charge in [-0.1, -0.05) is 19.1 Å². The number of anilines is 1. The Morgan fingerprint density at radius 2 is 2.04 bits per heavy atom. The van der Waals surface area contributed by atoms with Gasteiger partial charge in [0.05, 0.1) is 12.1 Å². The van der Waals surface area contributed by atoms with Crippen molar-refractivity contribution in [3.63, 3.8) is 0 Å². The van der Waals surface area contributed by atoms with E-state index < -0.39 is 0 Å². The summed E-state index contributed by atoms with van der Waals surface area (Å²) in [5, 5.41) is 5.71. The highest BCUT2D eigenvalue weighted by atomic mass is 32.1. The van der Waals surface area contributed by atoms with Gasteiger partial charge in [-0.25, -0.2) is 4.98 Å². The number of pyridine rings is 1. The molecule has 23 heavy (non-hydrogen) atoms. The summed E-state index contributed by atoms with van der Waals surface area (Å²) in [7, 11) is 0. The van der Waals surface area contributed by atoms with Crippen LogP contribution in [0.3, 0.4) is 0 Å². The highest BCUT2D eigenvalue weighted by Gasteiger charge is 2.09. The first kappa shape index (κ1) is 15.4. The van der Waals surface area contributed by atoms with Gasteiger partial charge in [0.1, 0.15) is 5.01 Å². The summed E-state index contributed by atoms with van der Waals surface area (Å²) in [6.07, 6.45) is 4.77. The van der Waals surface area contributed by atoms with Crippen LogP contribution in [0.15, 0.2) is 54.2 Å². The fourth-order valence-electron chi connectivity index (χ4n) is 2.20. The van der Waals surface area contributed by atoms with Gasteiger partial charge in [-0.15, -0.1) is 11.3 Å². The molecule has 2 heterocycles. The van der Waals surface area contributed by atoms with Crippen LogP contribution in [0.25, 0.3) is 10.6 Å². The molecule has 0 atom stereocenters. The Morgan fingerprint density at radius 1 is 1.22 bits per heavy atom. The van der Waals surface area contributed by atoms with Crippen molar-refractivity contribution in [3.8, 4) is 10.6 Å². The van der Waals surface area contributed by atoms with Crippen LogP contribution in [0.4, 0.5) is 5.69 Å². The number of nitrogens with one attached hydrogen (secondary N) is 1. The van der Waals surface area contributed by atoms with Gasteiger partial charge in [-0.2, -0.15) is 0 Å². The van der Waals surface area contributed by atoms with Crippen molar-refractivity contribution in [2.75, 3.05) is 5.32 Å². The van der Waals surface area contributed by atoms with Crippen LogP contribution in [-0.4, -0.2) is 15.9 Å². The Labute approximate surface area is 139 Å². The van der Waals surface area contributed by atoms with Crippen LogP contribution in [-0.2, 0) is 17.6 Å². The second-order valence-electron chi connectivity index (χ2n) is 5.16. The van der Waals surface area contributed by atoms with E-state index in [2.05, 4.69) is 22.2 Å². The molecular formula is C18H17N3OS. The molecule has 0 unspecified atom stereocenters. The molecule has 3 aromatic rings. The van der Waals surface area contributed by atoms with E-state index in [9.17, 15) is 4.79 Å². The van der Waals surface area contributed by atoms with E-state index >= 15 is 0 Å².